The van der Waals surface area contributed by atoms with E-state index in [2.05, 4.69) is 38.4 Å². The zero-order chi connectivity index (χ0) is 17.3. The molecular weight excluding hydrogens is 366 g/mol. The zero-order valence-electron chi connectivity index (χ0n) is 14.0. The van der Waals surface area contributed by atoms with Gasteiger partial charge in [-0.05, 0) is 47.8 Å². The van der Waals surface area contributed by atoms with Crippen LogP contribution in [0, 0.1) is 0 Å². The second kappa shape index (κ2) is 6.40. The van der Waals surface area contributed by atoms with Crippen molar-refractivity contribution in [1.82, 2.24) is 14.9 Å². The Hall–Kier alpha value is -2.14. The van der Waals surface area contributed by atoms with E-state index in [-0.39, 0.29) is 11.4 Å². The van der Waals surface area contributed by atoms with Gasteiger partial charge in [0.25, 0.3) is 5.91 Å². The van der Waals surface area contributed by atoms with Gasteiger partial charge in [-0.25, -0.2) is 4.98 Å². The van der Waals surface area contributed by atoms with Crippen LogP contribution in [0.5, 0.6) is 0 Å². The molecule has 0 unspecified atom stereocenters. The highest BCUT2D eigenvalue weighted by atomic mass is 79.9. The van der Waals surface area contributed by atoms with Crippen molar-refractivity contribution in [3.8, 4) is 0 Å². The Bertz CT molecular complexity index is 884. The van der Waals surface area contributed by atoms with Crippen molar-refractivity contribution < 1.29 is 4.79 Å². The molecule has 0 fully saturated rings. The molecule has 0 atom stereocenters. The Balaban J connectivity index is 1.80. The lowest BCUT2D eigenvalue weighted by Gasteiger charge is -2.26. The Morgan fingerprint density at radius 1 is 1.29 bits per heavy atom. The normalized spacial score (nSPS) is 11.7. The number of hydrogen-bond donors (Lipinski definition) is 1. The molecule has 0 aliphatic heterocycles. The van der Waals surface area contributed by atoms with E-state index in [0.29, 0.717) is 5.56 Å². The van der Waals surface area contributed by atoms with Crippen LogP contribution >= 0.6 is 15.9 Å². The maximum atomic E-state index is 12.6. The van der Waals surface area contributed by atoms with Crippen LogP contribution in [0.2, 0.25) is 0 Å². The molecule has 1 amide bonds. The van der Waals surface area contributed by atoms with E-state index in [1.54, 1.807) is 6.20 Å². The van der Waals surface area contributed by atoms with Crippen molar-refractivity contribution in [2.24, 2.45) is 7.05 Å². The van der Waals surface area contributed by atoms with Crippen molar-refractivity contribution >= 4 is 32.9 Å². The van der Waals surface area contributed by atoms with Crippen molar-refractivity contribution in [3.05, 3.63) is 64.4 Å². The number of nitrogens with one attached hydrogen (secondary N) is 1. The Morgan fingerprint density at radius 2 is 2.00 bits per heavy atom. The number of pyridine rings is 1. The molecule has 2 heterocycles. The molecule has 0 radical (unpaired) electrons. The first-order valence-electron chi connectivity index (χ1n) is 7.83. The highest BCUT2D eigenvalue weighted by Gasteiger charge is 2.22. The molecule has 124 valence electrons. The third-order valence-corrected chi connectivity index (χ3v) is 4.60. The third-order valence-electron chi connectivity index (χ3n) is 3.97. The maximum Gasteiger partial charge on any atom is 0.253 e. The largest absolute Gasteiger partial charge is 0.347 e. The lowest BCUT2D eigenvalue weighted by molar-refractivity contribution is 0.0913. The number of carbonyl (C=O) groups is 1. The van der Waals surface area contributed by atoms with Gasteiger partial charge in [0.05, 0.1) is 5.56 Å². The summed E-state index contributed by atoms with van der Waals surface area (Å²) in [5.74, 6) is -0.110. The van der Waals surface area contributed by atoms with Gasteiger partial charge >= 0.3 is 0 Å². The molecule has 24 heavy (non-hydrogen) atoms. The van der Waals surface area contributed by atoms with Gasteiger partial charge in [0.15, 0.2) is 0 Å². The number of nitrogens with zero attached hydrogens (tertiary/aromatic N) is 2. The minimum Gasteiger partial charge on any atom is -0.347 e. The topological polar surface area (TPSA) is 46.9 Å². The minimum atomic E-state index is -0.346. The summed E-state index contributed by atoms with van der Waals surface area (Å²) in [6, 6.07) is 12.0. The van der Waals surface area contributed by atoms with Gasteiger partial charge in [-0.2, -0.15) is 0 Å². The highest BCUT2D eigenvalue weighted by molar-refractivity contribution is 9.10. The molecule has 4 nitrogen and oxygen atoms in total. The van der Waals surface area contributed by atoms with Crippen LogP contribution in [0.3, 0.4) is 0 Å². The standard InChI is InChI=1S/C19H20BrN3O/c1-19(2,10-13-7-5-4-6-8-13)22-18(24)14-9-15-16(20)12-23(3)17(15)21-11-14/h4-9,11-12H,10H2,1-3H3,(H,22,24). The molecule has 1 aromatic carbocycles. The molecule has 0 saturated carbocycles. The Kier molecular flexibility index (Phi) is 4.45. The van der Waals surface area contributed by atoms with Gasteiger partial charge in [0.1, 0.15) is 5.65 Å². The number of aryl methyl sites for hydroxylation is 1. The van der Waals surface area contributed by atoms with E-state index in [0.717, 1.165) is 21.9 Å². The van der Waals surface area contributed by atoms with E-state index in [1.165, 1.54) is 5.56 Å². The number of halogens is 1. The number of benzene rings is 1. The average molecular weight is 386 g/mol. The van der Waals surface area contributed by atoms with E-state index in [9.17, 15) is 4.79 Å². The second-order valence-corrected chi connectivity index (χ2v) is 7.54. The Labute approximate surface area is 150 Å². The van der Waals surface area contributed by atoms with Crippen molar-refractivity contribution in [2.75, 3.05) is 0 Å². The number of fused-ring (bicyclic) bond motifs is 1. The minimum absolute atomic E-state index is 0.110. The number of aromatic nitrogens is 2. The molecule has 0 aliphatic rings. The maximum absolute atomic E-state index is 12.6. The molecule has 0 bridgehead atoms. The SMILES string of the molecule is Cn1cc(Br)c2cc(C(=O)NC(C)(C)Cc3ccccc3)cnc21. The van der Waals surface area contributed by atoms with Crippen molar-refractivity contribution in [1.29, 1.82) is 0 Å². The first-order chi connectivity index (χ1) is 11.4. The monoisotopic (exact) mass is 385 g/mol. The van der Waals surface area contributed by atoms with E-state index >= 15 is 0 Å². The van der Waals surface area contributed by atoms with Crippen LogP contribution in [0.15, 0.2) is 53.3 Å². The summed E-state index contributed by atoms with van der Waals surface area (Å²) in [4.78, 5) is 17.0. The van der Waals surface area contributed by atoms with Crippen LogP contribution < -0.4 is 5.32 Å². The third kappa shape index (κ3) is 3.51. The molecule has 0 aliphatic carbocycles. The van der Waals surface area contributed by atoms with Crippen LogP contribution in [-0.2, 0) is 13.5 Å². The summed E-state index contributed by atoms with van der Waals surface area (Å²) < 4.78 is 2.87. The second-order valence-electron chi connectivity index (χ2n) is 6.68. The quantitative estimate of drug-likeness (QED) is 0.734. The van der Waals surface area contributed by atoms with Gasteiger partial charge in [0, 0.05) is 34.8 Å². The molecule has 3 rings (SSSR count). The predicted molar refractivity (Wildman–Crippen MR) is 100 cm³/mol. The summed E-state index contributed by atoms with van der Waals surface area (Å²) in [5, 5.41) is 4.05. The van der Waals surface area contributed by atoms with Gasteiger partial charge in [-0.15, -0.1) is 0 Å². The van der Waals surface area contributed by atoms with Crippen molar-refractivity contribution in [2.45, 2.75) is 25.8 Å². The van der Waals surface area contributed by atoms with Gasteiger partial charge in [-0.1, -0.05) is 30.3 Å². The molecule has 3 aromatic rings. The summed E-state index contributed by atoms with van der Waals surface area (Å²) in [7, 11) is 1.93. The number of hydrogen-bond acceptors (Lipinski definition) is 2. The fourth-order valence-electron chi connectivity index (χ4n) is 2.87. The lowest BCUT2D eigenvalue weighted by atomic mass is 9.94. The first kappa shape index (κ1) is 16.7. The summed E-state index contributed by atoms with van der Waals surface area (Å²) >= 11 is 3.51. The number of carbonyl (C=O) groups excluding carboxylic acids is 1. The van der Waals surface area contributed by atoms with E-state index in [1.807, 2.05) is 55.9 Å². The van der Waals surface area contributed by atoms with Gasteiger partial charge in [0.2, 0.25) is 0 Å². The average Bonchev–Trinajstić information content (AvgIpc) is 2.81. The molecule has 0 saturated heterocycles. The lowest BCUT2D eigenvalue weighted by Crippen LogP contribution is -2.45. The van der Waals surface area contributed by atoms with E-state index in [4.69, 9.17) is 0 Å². The molecular formula is C19H20BrN3O. The predicted octanol–water partition coefficient (Wildman–Crippen LogP) is 4.09. The first-order valence-corrected chi connectivity index (χ1v) is 8.62. The summed E-state index contributed by atoms with van der Waals surface area (Å²) in [6.07, 6.45) is 4.34. The highest BCUT2D eigenvalue weighted by Crippen LogP contribution is 2.25. The fourth-order valence-corrected chi connectivity index (χ4v) is 3.47. The molecule has 0 spiro atoms. The zero-order valence-corrected chi connectivity index (χ0v) is 15.6. The number of rotatable bonds is 4. The van der Waals surface area contributed by atoms with Crippen LogP contribution in [0.4, 0.5) is 0 Å². The summed E-state index contributed by atoms with van der Waals surface area (Å²) in [5.41, 5.74) is 2.26. The smallest absolute Gasteiger partial charge is 0.253 e. The molecule has 1 N–H and O–H groups in total. The van der Waals surface area contributed by atoms with Gasteiger partial charge < -0.3 is 9.88 Å². The van der Waals surface area contributed by atoms with Crippen LogP contribution in [0.1, 0.15) is 29.8 Å². The van der Waals surface area contributed by atoms with Gasteiger partial charge in [-0.3, -0.25) is 4.79 Å². The molecule has 5 heteroatoms. The molecule has 2 aromatic heterocycles. The van der Waals surface area contributed by atoms with Crippen molar-refractivity contribution in [3.63, 3.8) is 0 Å². The number of amides is 1. The Morgan fingerprint density at radius 3 is 2.71 bits per heavy atom. The fraction of sp³-hybridized carbons (Fsp3) is 0.263. The van der Waals surface area contributed by atoms with E-state index < -0.39 is 0 Å². The summed E-state index contributed by atoms with van der Waals surface area (Å²) in [6.45, 7) is 4.06. The van der Waals surface area contributed by atoms with Crippen LogP contribution in [0.25, 0.3) is 11.0 Å². The van der Waals surface area contributed by atoms with Crippen LogP contribution in [-0.4, -0.2) is 21.0 Å².